The number of carbonyl (C=O) groups is 3. The zero-order chi connectivity index (χ0) is 27.3. The second-order valence-corrected chi connectivity index (χ2v) is 8.40. The summed E-state index contributed by atoms with van der Waals surface area (Å²) in [5, 5.41) is 50.0. The molecule has 0 unspecified atom stereocenters. The lowest BCUT2D eigenvalue weighted by Crippen LogP contribution is -2.14. The van der Waals surface area contributed by atoms with Crippen molar-refractivity contribution < 1.29 is 44.3 Å². The van der Waals surface area contributed by atoms with E-state index in [1.54, 1.807) is 0 Å². The Morgan fingerprint density at radius 3 is 2.00 bits per heavy atom. The van der Waals surface area contributed by atoms with Crippen LogP contribution < -0.4 is 5.43 Å². The number of aromatic carboxylic acids is 2. The Morgan fingerprint density at radius 1 is 0.632 bits per heavy atom. The van der Waals surface area contributed by atoms with E-state index >= 15 is 0 Å². The summed E-state index contributed by atoms with van der Waals surface area (Å²) >= 11 is 0. The molecule has 5 N–H and O–H groups in total. The quantitative estimate of drug-likeness (QED) is 0.168. The standard InChI is InChI=1S/C28H16O10/c29-12-1-4-15(22(32)7-12)26(33)19-11-20(27(34)35)18(10-21(19)28(36)37)25-16-5-2-13(30)8-23(16)38-24-9-14(31)3-6-17(24)25/h1-11,29-30,32H,(H,34,35)(H,36,37). The summed E-state index contributed by atoms with van der Waals surface area (Å²) in [6, 6.07) is 12.9. The Bertz CT molecular complexity index is 1850. The van der Waals surface area contributed by atoms with Crippen LogP contribution in [0.1, 0.15) is 36.6 Å². The van der Waals surface area contributed by atoms with Gasteiger partial charge in [0, 0.05) is 40.3 Å². The Hall–Kier alpha value is -5.64. The second-order valence-electron chi connectivity index (χ2n) is 8.40. The van der Waals surface area contributed by atoms with Crippen molar-refractivity contribution in [3.05, 3.63) is 99.2 Å². The number of carbonyl (C=O) groups excluding carboxylic acids is 1. The third kappa shape index (κ3) is 3.95. The number of carboxylic acid groups (broad SMARTS) is 2. The summed E-state index contributed by atoms with van der Waals surface area (Å²) in [6.45, 7) is 0. The summed E-state index contributed by atoms with van der Waals surface area (Å²) in [6.07, 6.45) is 0. The fourth-order valence-electron chi connectivity index (χ4n) is 4.35. The SMILES string of the molecule is O=C(O)c1cc(-c2c3ccc(=O)cc-3oc3cc(O)ccc23)c(C(=O)O)cc1C(=O)c1ccc(O)cc1O. The van der Waals surface area contributed by atoms with E-state index < -0.39 is 45.6 Å². The number of ketones is 1. The van der Waals surface area contributed by atoms with Crippen LogP contribution in [0.2, 0.25) is 0 Å². The van der Waals surface area contributed by atoms with Gasteiger partial charge in [-0.05, 0) is 54.1 Å². The van der Waals surface area contributed by atoms with Gasteiger partial charge in [0.05, 0.1) is 16.7 Å². The van der Waals surface area contributed by atoms with Gasteiger partial charge in [-0.3, -0.25) is 9.59 Å². The number of carboxylic acids is 2. The van der Waals surface area contributed by atoms with E-state index in [0.29, 0.717) is 5.39 Å². The highest BCUT2D eigenvalue weighted by molar-refractivity contribution is 6.18. The molecule has 3 aromatic carbocycles. The number of hydrogen-bond donors (Lipinski definition) is 5. The predicted octanol–water partition coefficient (Wildman–Crippen LogP) is 4.31. The maximum Gasteiger partial charge on any atom is 0.336 e. The van der Waals surface area contributed by atoms with Crippen LogP contribution in [0.4, 0.5) is 0 Å². The van der Waals surface area contributed by atoms with Crippen molar-refractivity contribution in [3.63, 3.8) is 0 Å². The van der Waals surface area contributed by atoms with E-state index in [4.69, 9.17) is 4.42 Å². The molecule has 188 valence electrons. The van der Waals surface area contributed by atoms with Crippen LogP contribution in [0.3, 0.4) is 0 Å². The highest BCUT2D eigenvalue weighted by atomic mass is 16.4. The number of hydrogen-bond acceptors (Lipinski definition) is 8. The first-order chi connectivity index (χ1) is 18.0. The summed E-state index contributed by atoms with van der Waals surface area (Å²) in [4.78, 5) is 50.0. The number of benzene rings is 4. The van der Waals surface area contributed by atoms with Crippen LogP contribution in [0, 0.1) is 0 Å². The minimum absolute atomic E-state index is 0.0629. The second kappa shape index (κ2) is 8.79. The molecule has 5 rings (SSSR count). The Balaban J connectivity index is 1.88. The molecule has 0 radical (unpaired) electrons. The molecule has 0 fully saturated rings. The number of rotatable bonds is 5. The Morgan fingerprint density at radius 2 is 1.32 bits per heavy atom. The van der Waals surface area contributed by atoms with Crippen molar-refractivity contribution in [3.8, 4) is 39.7 Å². The first kappa shape index (κ1) is 24.1. The number of phenolic OH excluding ortho intramolecular Hbond substituents is 3. The first-order valence-corrected chi connectivity index (χ1v) is 11.0. The highest BCUT2D eigenvalue weighted by Gasteiger charge is 2.28. The highest BCUT2D eigenvalue weighted by Crippen LogP contribution is 2.43. The largest absolute Gasteiger partial charge is 0.508 e. The number of aromatic hydroxyl groups is 3. The molecule has 10 nitrogen and oxygen atoms in total. The molecule has 0 aromatic heterocycles. The van der Waals surface area contributed by atoms with Crippen molar-refractivity contribution >= 4 is 28.7 Å². The van der Waals surface area contributed by atoms with E-state index in [-0.39, 0.29) is 45.1 Å². The molecule has 38 heavy (non-hydrogen) atoms. The van der Waals surface area contributed by atoms with E-state index in [1.165, 1.54) is 36.4 Å². The molecule has 2 aliphatic rings. The van der Waals surface area contributed by atoms with E-state index in [9.17, 15) is 44.7 Å². The fourth-order valence-corrected chi connectivity index (χ4v) is 4.35. The minimum atomic E-state index is -1.54. The molecular weight excluding hydrogens is 496 g/mol. The molecule has 1 heterocycles. The lowest BCUT2D eigenvalue weighted by molar-refractivity contribution is 0.0679. The molecule has 3 aromatic rings. The molecule has 1 aliphatic carbocycles. The number of fused-ring (bicyclic) bond motifs is 2. The van der Waals surface area contributed by atoms with Gasteiger partial charge in [0.25, 0.3) is 0 Å². The number of phenols is 3. The third-order valence-corrected chi connectivity index (χ3v) is 6.04. The van der Waals surface area contributed by atoms with Gasteiger partial charge in [-0.15, -0.1) is 0 Å². The van der Waals surface area contributed by atoms with Gasteiger partial charge in [0.2, 0.25) is 0 Å². The lowest BCUT2D eigenvalue weighted by Gasteiger charge is -2.18. The normalized spacial score (nSPS) is 11.1. The zero-order valence-electron chi connectivity index (χ0n) is 19.1. The molecule has 0 spiro atoms. The van der Waals surface area contributed by atoms with Gasteiger partial charge in [-0.2, -0.15) is 0 Å². The summed E-state index contributed by atoms with van der Waals surface area (Å²) < 4.78 is 5.76. The summed E-state index contributed by atoms with van der Waals surface area (Å²) in [5.41, 5.74) is -1.74. The van der Waals surface area contributed by atoms with E-state index in [0.717, 1.165) is 30.3 Å². The van der Waals surface area contributed by atoms with Gasteiger partial charge in [0.1, 0.15) is 28.6 Å². The summed E-state index contributed by atoms with van der Waals surface area (Å²) in [5.74, 6) is -5.06. The average molecular weight is 512 g/mol. The fraction of sp³-hybridized carbons (Fsp3) is 0. The van der Waals surface area contributed by atoms with Crippen molar-refractivity contribution in [2.75, 3.05) is 0 Å². The molecule has 0 atom stereocenters. The minimum Gasteiger partial charge on any atom is -0.508 e. The molecule has 1 aliphatic heterocycles. The van der Waals surface area contributed by atoms with Crippen molar-refractivity contribution in [2.45, 2.75) is 0 Å². The van der Waals surface area contributed by atoms with Crippen molar-refractivity contribution in [1.29, 1.82) is 0 Å². The van der Waals surface area contributed by atoms with Gasteiger partial charge < -0.3 is 29.9 Å². The maximum atomic E-state index is 13.3. The topological polar surface area (TPSA) is 183 Å². The maximum absolute atomic E-state index is 13.3. The van der Waals surface area contributed by atoms with Gasteiger partial charge in [-0.25, -0.2) is 9.59 Å². The molecule has 10 heteroatoms. The Kier molecular flexibility index (Phi) is 5.57. The molecule has 0 amide bonds. The smallest absolute Gasteiger partial charge is 0.336 e. The van der Waals surface area contributed by atoms with Crippen LogP contribution in [0.25, 0.3) is 33.4 Å². The zero-order valence-corrected chi connectivity index (χ0v) is 19.1. The van der Waals surface area contributed by atoms with Crippen LogP contribution in [0.5, 0.6) is 17.2 Å². The van der Waals surface area contributed by atoms with Crippen LogP contribution in [0.15, 0.2) is 75.9 Å². The van der Waals surface area contributed by atoms with Gasteiger partial charge >= 0.3 is 11.9 Å². The third-order valence-electron chi connectivity index (χ3n) is 6.04. The van der Waals surface area contributed by atoms with Crippen LogP contribution in [-0.4, -0.2) is 43.3 Å². The molecule has 0 saturated heterocycles. The predicted molar refractivity (Wildman–Crippen MR) is 133 cm³/mol. The lowest BCUT2D eigenvalue weighted by atomic mass is 9.86. The van der Waals surface area contributed by atoms with Crippen LogP contribution in [-0.2, 0) is 0 Å². The van der Waals surface area contributed by atoms with Crippen molar-refractivity contribution in [1.82, 2.24) is 0 Å². The van der Waals surface area contributed by atoms with Crippen molar-refractivity contribution in [2.24, 2.45) is 0 Å². The monoisotopic (exact) mass is 512 g/mol. The molecular formula is C28H16O10. The molecule has 0 bridgehead atoms. The molecule has 0 saturated carbocycles. The van der Waals surface area contributed by atoms with Gasteiger partial charge in [-0.1, -0.05) is 0 Å². The van der Waals surface area contributed by atoms with E-state index in [1.807, 2.05) is 0 Å². The van der Waals surface area contributed by atoms with E-state index in [2.05, 4.69) is 0 Å². The average Bonchev–Trinajstić information content (AvgIpc) is 2.85. The first-order valence-electron chi connectivity index (χ1n) is 11.0. The Labute approximate surface area is 212 Å². The van der Waals surface area contributed by atoms with Gasteiger partial charge in [0.15, 0.2) is 11.2 Å². The summed E-state index contributed by atoms with van der Waals surface area (Å²) in [7, 11) is 0. The van der Waals surface area contributed by atoms with Crippen LogP contribution >= 0.6 is 0 Å².